The number of hydrogen-bond donors (Lipinski definition) is 0. The SMILES string of the molecule is O=C(CCc1cccc(F)c1)N1CCN(C(=O)c2cccnc2)CC1. The van der Waals surface area contributed by atoms with E-state index in [1.54, 1.807) is 40.4 Å². The molecule has 25 heavy (non-hydrogen) atoms. The first kappa shape index (κ1) is 17.1. The van der Waals surface area contributed by atoms with Crippen LogP contribution in [-0.4, -0.2) is 52.8 Å². The summed E-state index contributed by atoms with van der Waals surface area (Å²) in [6.45, 7) is 2.07. The van der Waals surface area contributed by atoms with Gasteiger partial charge in [0.1, 0.15) is 5.82 Å². The molecule has 1 aliphatic heterocycles. The third-order valence-corrected chi connectivity index (χ3v) is 4.34. The summed E-state index contributed by atoms with van der Waals surface area (Å²) in [4.78, 5) is 32.2. The van der Waals surface area contributed by atoms with Crippen LogP contribution in [0.15, 0.2) is 48.8 Å². The fraction of sp³-hybridized carbons (Fsp3) is 0.316. The van der Waals surface area contributed by atoms with Gasteiger partial charge in [-0.1, -0.05) is 12.1 Å². The van der Waals surface area contributed by atoms with Crippen LogP contribution in [-0.2, 0) is 11.2 Å². The molecule has 6 heteroatoms. The lowest BCUT2D eigenvalue weighted by molar-refractivity contribution is -0.132. The molecule has 1 aliphatic rings. The van der Waals surface area contributed by atoms with Crippen LogP contribution in [0.3, 0.4) is 0 Å². The smallest absolute Gasteiger partial charge is 0.255 e. The Morgan fingerprint density at radius 3 is 2.48 bits per heavy atom. The van der Waals surface area contributed by atoms with E-state index < -0.39 is 0 Å². The van der Waals surface area contributed by atoms with Gasteiger partial charge < -0.3 is 9.80 Å². The predicted octanol–water partition coefficient (Wildman–Crippen LogP) is 2.14. The van der Waals surface area contributed by atoms with Crippen molar-refractivity contribution in [3.8, 4) is 0 Å². The Kier molecular flexibility index (Phi) is 5.38. The maximum Gasteiger partial charge on any atom is 0.255 e. The fourth-order valence-electron chi connectivity index (χ4n) is 2.93. The molecule has 2 aromatic rings. The lowest BCUT2D eigenvalue weighted by atomic mass is 10.1. The van der Waals surface area contributed by atoms with Crippen molar-refractivity contribution in [3.05, 3.63) is 65.7 Å². The molecule has 0 aliphatic carbocycles. The second-order valence-electron chi connectivity index (χ2n) is 6.04. The van der Waals surface area contributed by atoms with Gasteiger partial charge in [0.15, 0.2) is 0 Å². The van der Waals surface area contributed by atoms with Gasteiger partial charge in [0.2, 0.25) is 5.91 Å². The zero-order chi connectivity index (χ0) is 17.6. The van der Waals surface area contributed by atoms with Crippen molar-refractivity contribution in [1.29, 1.82) is 0 Å². The summed E-state index contributed by atoms with van der Waals surface area (Å²) in [5.41, 5.74) is 1.38. The Balaban J connectivity index is 1.48. The van der Waals surface area contributed by atoms with Gasteiger partial charge >= 0.3 is 0 Å². The molecule has 0 spiro atoms. The zero-order valence-corrected chi connectivity index (χ0v) is 13.9. The van der Waals surface area contributed by atoms with Crippen LogP contribution in [0.5, 0.6) is 0 Å². The molecule has 1 aromatic carbocycles. The van der Waals surface area contributed by atoms with Gasteiger partial charge in [-0.05, 0) is 36.2 Å². The number of aromatic nitrogens is 1. The topological polar surface area (TPSA) is 53.5 Å². The van der Waals surface area contributed by atoms with Crippen molar-refractivity contribution in [2.45, 2.75) is 12.8 Å². The number of nitrogens with zero attached hydrogens (tertiary/aromatic N) is 3. The number of amides is 2. The molecular weight excluding hydrogens is 321 g/mol. The molecular formula is C19H20FN3O2. The van der Waals surface area contributed by atoms with Gasteiger partial charge in [0.25, 0.3) is 5.91 Å². The van der Waals surface area contributed by atoms with Gasteiger partial charge in [-0.25, -0.2) is 4.39 Å². The predicted molar refractivity (Wildman–Crippen MR) is 91.4 cm³/mol. The molecule has 1 aromatic heterocycles. The summed E-state index contributed by atoms with van der Waals surface area (Å²) >= 11 is 0. The summed E-state index contributed by atoms with van der Waals surface area (Å²) < 4.78 is 13.2. The highest BCUT2D eigenvalue weighted by molar-refractivity contribution is 5.94. The van der Waals surface area contributed by atoms with Crippen molar-refractivity contribution in [2.75, 3.05) is 26.2 Å². The van der Waals surface area contributed by atoms with E-state index in [0.29, 0.717) is 44.6 Å². The summed E-state index contributed by atoms with van der Waals surface area (Å²) in [5, 5.41) is 0. The van der Waals surface area contributed by atoms with Crippen LogP contribution >= 0.6 is 0 Å². The molecule has 130 valence electrons. The third-order valence-electron chi connectivity index (χ3n) is 4.34. The average molecular weight is 341 g/mol. The molecule has 5 nitrogen and oxygen atoms in total. The minimum atomic E-state index is -0.285. The van der Waals surface area contributed by atoms with Gasteiger partial charge in [0.05, 0.1) is 5.56 Å². The van der Waals surface area contributed by atoms with Crippen LogP contribution in [0, 0.1) is 5.82 Å². The summed E-state index contributed by atoms with van der Waals surface area (Å²) in [7, 11) is 0. The first-order valence-corrected chi connectivity index (χ1v) is 8.35. The number of aryl methyl sites for hydroxylation is 1. The molecule has 0 saturated carbocycles. The van der Waals surface area contributed by atoms with Gasteiger partial charge in [-0.2, -0.15) is 0 Å². The van der Waals surface area contributed by atoms with Crippen LogP contribution < -0.4 is 0 Å². The Labute approximate surface area is 146 Å². The number of halogens is 1. The maximum absolute atomic E-state index is 13.2. The normalized spacial score (nSPS) is 14.4. The van der Waals surface area contributed by atoms with Crippen molar-refractivity contribution >= 4 is 11.8 Å². The minimum Gasteiger partial charge on any atom is -0.339 e. The summed E-state index contributed by atoms with van der Waals surface area (Å²) in [5.74, 6) is -0.301. The Morgan fingerprint density at radius 2 is 1.80 bits per heavy atom. The fourth-order valence-corrected chi connectivity index (χ4v) is 2.93. The van der Waals surface area contributed by atoms with E-state index in [4.69, 9.17) is 0 Å². The van der Waals surface area contributed by atoms with Crippen LogP contribution in [0.25, 0.3) is 0 Å². The maximum atomic E-state index is 13.2. The first-order chi connectivity index (χ1) is 12.1. The van der Waals surface area contributed by atoms with Crippen LogP contribution in [0.4, 0.5) is 4.39 Å². The number of pyridine rings is 1. The quantitative estimate of drug-likeness (QED) is 0.856. The standard InChI is InChI=1S/C19H20FN3O2/c20-17-5-1-3-15(13-17)6-7-18(24)22-9-11-23(12-10-22)19(25)16-4-2-8-21-14-16/h1-5,8,13-14H,6-7,9-12H2. The number of hydrogen-bond acceptors (Lipinski definition) is 3. The largest absolute Gasteiger partial charge is 0.339 e. The Bertz CT molecular complexity index is 743. The molecule has 3 rings (SSSR count). The minimum absolute atomic E-state index is 0.0396. The zero-order valence-electron chi connectivity index (χ0n) is 13.9. The van der Waals surface area contributed by atoms with Crippen molar-refractivity contribution in [1.82, 2.24) is 14.8 Å². The lowest BCUT2D eigenvalue weighted by Gasteiger charge is -2.34. The van der Waals surface area contributed by atoms with Gasteiger partial charge in [-0.15, -0.1) is 0 Å². The van der Waals surface area contributed by atoms with E-state index >= 15 is 0 Å². The monoisotopic (exact) mass is 341 g/mol. The van der Waals surface area contributed by atoms with E-state index in [9.17, 15) is 14.0 Å². The molecule has 0 unspecified atom stereocenters. The molecule has 2 amide bonds. The molecule has 0 bridgehead atoms. The Hall–Kier alpha value is -2.76. The van der Waals surface area contributed by atoms with E-state index in [-0.39, 0.29) is 17.6 Å². The highest BCUT2D eigenvalue weighted by Gasteiger charge is 2.24. The average Bonchev–Trinajstić information content (AvgIpc) is 2.66. The van der Waals surface area contributed by atoms with Crippen molar-refractivity contribution in [2.24, 2.45) is 0 Å². The van der Waals surface area contributed by atoms with Crippen LogP contribution in [0.2, 0.25) is 0 Å². The van der Waals surface area contributed by atoms with E-state index in [0.717, 1.165) is 5.56 Å². The van der Waals surface area contributed by atoms with E-state index in [1.165, 1.54) is 12.1 Å². The highest BCUT2D eigenvalue weighted by Crippen LogP contribution is 2.11. The second-order valence-corrected chi connectivity index (χ2v) is 6.04. The number of carbonyl (C=O) groups is 2. The van der Waals surface area contributed by atoms with Crippen molar-refractivity contribution in [3.63, 3.8) is 0 Å². The van der Waals surface area contributed by atoms with Gasteiger partial charge in [0, 0.05) is 45.0 Å². The number of piperazine rings is 1. The number of benzene rings is 1. The van der Waals surface area contributed by atoms with Gasteiger partial charge in [-0.3, -0.25) is 14.6 Å². The lowest BCUT2D eigenvalue weighted by Crippen LogP contribution is -2.50. The number of carbonyl (C=O) groups excluding carboxylic acids is 2. The Morgan fingerprint density at radius 1 is 1.04 bits per heavy atom. The van der Waals surface area contributed by atoms with Crippen LogP contribution in [0.1, 0.15) is 22.3 Å². The summed E-state index contributed by atoms with van der Waals surface area (Å²) in [6, 6.07) is 9.80. The molecule has 2 heterocycles. The molecule has 1 saturated heterocycles. The molecule has 0 N–H and O–H groups in total. The molecule has 0 radical (unpaired) electrons. The molecule has 1 fully saturated rings. The third kappa shape index (κ3) is 4.41. The molecule has 0 atom stereocenters. The summed E-state index contributed by atoms with van der Waals surface area (Å²) in [6.07, 6.45) is 4.05. The van der Waals surface area contributed by atoms with E-state index in [2.05, 4.69) is 4.98 Å². The highest BCUT2D eigenvalue weighted by atomic mass is 19.1. The van der Waals surface area contributed by atoms with E-state index in [1.807, 2.05) is 6.07 Å². The van der Waals surface area contributed by atoms with Crippen molar-refractivity contribution < 1.29 is 14.0 Å². The second kappa shape index (κ2) is 7.88. The first-order valence-electron chi connectivity index (χ1n) is 8.35. The number of rotatable bonds is 4.